The van der Waals surface area contributed by atoms with E-state index in [1.807, 2.05) is 0 Å². The molecule has 2 saturated heterocycles. The van der Waals surface area contributed by atoms with E-state index < -0.39 is 0 Å². The first-order valence-electron chi connectivity index (χ1n) is 6.99. The number of rotatable bonds is 1. The van der Waals surface area contributed by atoms with Gasteiger partial charge < -0.3 is 10.5 Å². The number of ether oxygens (including phenoxy) is 1. The molecule has 0 aromatic heterocycles. The van der Waals surface area contributed by atoms with Crippen molar-refractivity contribution in [3.63, 3.8) is 0 Å². The lowest BCUT2D eigenvalue weighted by Gasteiger charge is -2.56. The van der Waals surface area contributed by atoms with Crippen molar-refractivity contribution in [2.24, 2.45) is 11.7 Å². The van der Waals surface area contributed by atoms with Crippen molar-refractivity contribution < 1.29 is 4.74 Å². The molecule has 0 aromatic rings. The minimum atomic E-state index is 0.378. The van der Waals surface area contributed by atoms with E-state index in [-0.39, 0.29) is 0 Å². The highest BCUT2D eigenvalue weighted by Gasteiger charge is 2.52. The highest BCUT2D eigenvalue weighted by molar-refractivity contribution is 5.08. The van der Waals surface area contributed by atoms with Crippen molar-refractivity contribution in [1.29, 1.82) is 0 Å². The monoisotopic (exact) mass is 224 g/mol. The maximum absolute atomic E-state index is 6.34. The molecule has 2 heterocycles. The molecule has 2 aliphatic heterocycles. The van der Waals surface area contributed by atoms with Gasteiger partial charge in [-0.3, -0.25) is 4.90 Å². The third-order valence-electron chi connectivity index (χ3n) is 4.70. The van der Waals surface area contributed by atoms with Gasteiger partial charge in [-0.05, 0) is 38.8 Å². The summed E-state index contributed by atoms with van der Waals surface area (Å²) in [4.78, 5) is 2.62. The molecular formula is C13H24N2O. The smallest absolute Gasteiger partial charge is 0.0788 e. The number of likely N-dealkylation sites (tertiary alicyclic amines) is 1. The molecule has 0 amide bonds. The summed E-state index contributed by atoms with van der Waals surface area (Å²) < 4.78 is 5.93. The number of hydrogen-bond donors (Lipinski definition) is 1. The molecule has 0 spiro atoms. The van der Waals surface area contributed by atoms with Gasteiger partial charge >= 0.3 is 0 Å². The number of fused-ring (bicyclic) bond motifs is 1. The van der Waals surface area contributed by atoms with Gasteiger partial charge in [0.25, 0.3) is 0 Å². The van der Waals surface area contributed by atoms with Crippen molar-refractivity contribution in [2.75, 3.05) is 19.7 Å². The minimum absolute atomic E-state index is 0.378. The van der Waals surface area contributed by atoms with Crippen molar-refractivity contribution in [3.8, 4) is 0 Å². The second-order valence-corrected chi connectivity index (χ2v) is 5.66. The average molecular weight is 224 g/mol. The van der Waals surface area contributed by atoms with Crippen LogP contribution in [-0.2, 0) is 4.74 Å². The fraction of sp³-hybridized carbons (Fsp3) is 1.00. The third kappa shape index (κ3) is 1.79. The Bertz CT molecular complexity index is 238. The van der Waals surface area contributed by atoms with Crippen LogP contribution in [0.25, 0.3) is 0 Å². The van der Waals surface area contributed by atoms with E-state index in [9.17, 15) is 0 Å². The molecule has 3 nitrogen and oxygen atoms in total. The molecule has 3 heteroatoms. The Morgan fingerprint density at radius 2 is 1.75 bits per heavy atom. The van der Waals surface area contributed by atoms with Crippen LogP contribution in [0.3, 0.4) is 0 Å². The molecule has 0 radical (unpaired) electrons. The Morgan fingerprint density at radius 1 is 1.00 bits per heavy atom. The standard InChI is InChI=1S/C13H24N2O/c14-11-10-6-5-9-16-13(10)12(11)15-7-3-1-2-4-8-15/h10-13H,1-9,14H2. The zero-order valence-electron chi connectivity index (χ0n) is 10.1. The average Bonchev–Trinajstić information content (AvgIpc) is 2.57. The second kappa shape index (κ2) is 4.63. The van der Waals surface area contributed by atoms with Crippen LogP contribution in [0.5, 0.6) is 0 Å². The maximum Gasteiger partial charge on any atom is 0.0788 e. The Balaban J connectivity index is 1.64. The lowest BCUT2D eigenvalue weighted by Crippen LogP contribution is -2.72. The largest absolute Gasteiger partial charge is 0.376 e. The Kier molecular flexibility index (Phi) is 3.18. The molecule has 0 aromatic carbocycles. The van der Waals surface area contributed by atoms with Gasteiger partial charge in [0.05, 0.1) is 12.1 Å². The van der Waals surface area contributed by atoms with Crippen LogP contribution in [0.1, 0.15) is 38.5 Å². The maximum atomic E-state index is 6.34. The van der Waals surface area contributed by atoms with Crippen LogP contribution in [0.2, 0.25) is 0 Å². The molecule has 1 saturated carbocycles. The van der Waals surface area contributed by atoms with E-state index in [0.717, 1.165) is 6.61 Å². The molecular weight excluding hydrogens is 200 g/mol. The second-order valence-electron chi connectivity index (χ2n) is 5.66. The van der Waals surface area contributed by atoms with E-state index >= 15 is 0 Å². The predicted octanol–water partition coefficient (Wildman–Crippen LogP) is 1.37. The van der Waals surface area contributed by atoms with E-state index in [2.05, 4.69) is 4.90 Å². The van der Waals surface area contributed by atoms with E-state index in [1.54, 1.807) is 0 Å². The van der Waals surface area contributed by atoms with Gasteiger partial charge in [-0.1, -0.05) is 12.8 Å². The summed E-state index contributed by atoms with van der Waals surface area (Å²) in [6.07, 6.45) is 8.45. The van der Waals surface area contributed by atoms with Gasteiger partial charge in [0, 0.05) is 18.6 Å². The van der Waals surface area contributed by atoms with E-state index in [4.69, 9.17) is 10.5 Å². The molecule has 3 aliphatic rings. The molecule has 1 aliphatic carbocycles. The Morgan fingerprint density at radius 3 is 2.50 bits per heavy atom. The molecule has 3 rings (SSSR count). The minimum Gasteiger partial charge on any atom is -0.376 e. The van der Waals surface area contributed by atoms with E-state index in [0.29, 0.717) is 24.1 Å². The normalized spacial score (nSPS) is 45.6. The SMILES string of the molecule is NC1C2CCCOC2C1N1CCCCCC1. The summed E-state index contributed by atoms with van der Waals surface area (Å²) in [5.41, 5.74) is 6.34. The summed E-state index contributed by atoms with van der Waals surface area (Å²) >= 11 is 0. The molecule has 2 N–H and O–H groups in total. The number of nitrogens with zero attached hydrogens (tertiary/aromatic N) is 1. The van der Waals surface area contributed by atoms with Gasteiger partial charge in [-0.2, -0.15) is 0 Å². The van der Waals surface area contributed by atoms with Crippen molar-refractivity contribution in [1.82, 2.24) is 4.90 Å². The first kappa shape index (κ1) is 11.0. The van der Waals surface area contributed by atoms with Gasteiger partial charge in [0.1, 0.15) is 0 Å². The molecule has 3 fully saturated rings. The lowest BCUT2D eigenvalue weighted by molar-refractivity contribution is -0.154. The molecule has 16 heavy (non-hydrogen) atoms. The molecule has 92 valence electrons. The summed E-state index contributed by atoms with van der Waals surface area (Å²) in [6, 6.07) is 0.909. The summed E-state index contributed by atoms with van der Waals surface area (Å²) in [6.45, 7) is 3.44. The quantitative estimate of drug-likeness (QED) is 0.731. The van der Waals surface area contributed by atoms with Crippen LogP contribution in [-0.4, -0.2) is 42.8 Å². The van der Waals surface area contributed by atoms with Crippen molar-refractivity contribution in [3.05, 3.63) is 0 Å². The Labute approximate surface area is 98.3 Å². The topological polar surface area (TPSA) is 38.5 Å². The number of nitrogens with two attached hydrogens (primary N) is 1. The third-order valence-corrected chi connectivity index (χ3v) is 4.70. The van der Waals surface area contributed by atoms with Gasteiger partial charge in [-0.15, -0.1) is 0 Å². The summed E-state index contributed by atoms with van der Waals surface area (Å²) in [5, 5.41) is 0. The summed E-state index contributed by atoms with van der Waals surface area (Å²) in [7, 11) is 0. The zero-order chi connectivity index (χ0) is 11.0. The van der Waals surface area contributed by atoms with Crippen molar-refractivity contribution in [2.45, 2.75) is 56.7 Å². The van der Waals surface area contributed by atoms with Crippen LogP contribution >= 0.6 is 0 Å². The fourth-order valence-corrected chi connectivity index (χ4v) is 3.76. The summed E-state index contributed by atoms with van der Waals surface area (Å²) in [5.74, 6) is 0.655. The van der Waals surface area contributed by atoms with Gasteiger partial charge in [-0.25, -0.2) is 0 Å². The molecule has 0 bridgehead atoms. The van der Waals surface area contributed by atoms with Crippen LogP contribution in [0.4, 0.5) is 0 Å². The first-order chi connectivity index (χ1) is 7.88. The van der Waals surface area contributed by atoms with E-state index in [1.165, 1.54) is 51.6 Å². The number of hydrogen-bond acceptors (Lipinski definition) is 3. The van der Waals surface area contributed by atoms with Gasteiger partial charge in [0.15, 0.2) is 0 Å². The van der Waals surface area contributed by atoms with Crippen LogP contribution < -0.4 is 5.73 Å². The highest BCUT2D eigenvalue weighted by Crippen LogP contribution is 2.40. The van der Waals surface area contributed by atoms with Crippen LogP contribution in [0, 0.1) is 5.92 Å². The highest BCUT2D eigenvalue weighted by atomic mass is 16.5. The first-order valence-corrected chi connectivity index (χ1v) is 6.99. The zero-order valence-corrected chi connectivity index (χ0v) is 10.1. The van der Waals surface area contributed by atoms with Gasteiger partial charge in [0.2, 0.25) is 0 Å². The fourth-order valence-electron chi connectivity index (χ4n) is 3.76. The Hall–Kier alpha value is -0.120. The predicted molar refractivity (Wildman–Crippen MR) is 64.3 cm³/mol. The molecule has 4 unspecified atom stereocenters. The molecule has 4 atom stereocenters. The van der Waals surface area contributed by atoms with Crippen molar-refractivity contribution >= 4 is 0 Å². The lowest BCUT2D eigenvalue weighted by atomic mass is 9.68. The van der Waals surface area contributed by atoms with Crippen LogP contribution in [0.15, 0.2) is 0 Å².